The van der Waals surface area contributed by atoms with Crippen molar-refractivity contribution in [1.82, 2.24) is 4.98 Å². The van der Waals surface area contributed by atoms with E-state index >= 15 is 0 Å². The molecule has 0 unspecified atom stereocenters. The second-order valence-electron chi connectivity index (χ2n) is 3.88. The lowest BCUT2D eigenvalue weighted by atomic mass is 9.94. The van der Waals surface area contributed by atoms with Crippen molar-refractivity contribution in [3.63, 3.8) is 0 Å². The average Bonchev–Trinajstić information content (AvgIpc) is 2.17. The van der Waals surface area contributed by atoms with Crippen molar-refractivity contribution in [1.29, 1.82) is 0 Å². The standard InChI is InChI=1S/C11H15FN2/c1-4-11(2,3)8-14-10-9(12)6-5-7-13-10/h4-7H,1,8H2,2-3H3,(H,13,14). The minimum Gasteiger partial charge on any atom is -0.367 e. The summed E-state index contributed by atoms with van der Waals surface area (Å²) in [6.07, 6.45) is 3.40. The molecule has 1 aromatic heterocycles. The second-order valence-corrected chi connectivity index (χ2v) is 3.88. The van der Waals surface area contributed by atoms with Crippen LogP contribution in [0.2, 0.25) is 0 Å². The molecule has 0 aromatic carbocycles. The fourth-order valence-electron chi connectivity index (χ4n) is 0.899. The number of nitrogens with zero attached hydrogens (tertiary/aromatic N) is 1. The smallest absolute Gasteiger partial charge is 0.165 e. The van der Waals surface area contributed by atoms with Crippen LogP contribution < -0.4 is 5.32 Å². The number of hydrogen-bond acceptors (Lipinski definition) is 2. The highest BCUT2D eigenvalue weighted by atomic mass is 19.1. The summed E-state index contributed by atoms with van der Waals surface area (Å²) in [4.78, 5) is 3.90. The van der Waals surface area contributed by atoms with Crippen LogP contribution >= 0.6 is 0 Å². The molecule has 1 heterocycles. The fourth-order valence-corrected chi connectivity index (χ4v) is 0.899. The van der Waals surface area contributed by atoms with Crippen LogP contribution in [-0.2, 0) is 0 Å². The first-order valence-corrected chi connectivity index (χ1v) is 4.53. The number of hydrogen-bond donors (Lipinski definition) is 1. The Labute approximate surface area is 83.9 Å². The van der Waals surface area contributed by atoms with E-state index in [1.54, 1.807) is 12.3 Å². The largest absolute Gasteiger partial charge is 0.367 e. The first-order chi connectivity index (χ1) is 6.55. The molecule has 0 spiro atoms. The van der Waals surface area contributed by atoms with Crippen molar-refractivity contribution in [3.05, 3.63) is 36.8 Å². The third-order valence-electron chi connectivity index (χ3n) is 2.02. The van der Waals surface area contributed by atoms with E-state index < -0.39 is 0 Å². The van der Waals surface area contributed by atoms with Gasteiger partial charge in [-0.2, -0.15) is 0 Å². The van der Waals surface area contributed by atoms with Crippen LogP contribution in [0.4, 0.5) is 10.2 Å². The van der Waals surface area contributed by atoms with E-state index in [1.807, 2.05) is 19.9 Å². The topological polar surface area (TPSA) is 24.9 Å². The average molecular weight is 194 g/mol. The van der Waals surface area contributed by atoms with E-state index in [1.165, 1.54) is 6.07 Å². The van der Waals surface area contributed by atoms with Crippen LogP contribution in [0, 0.1) is 11.2 Å². The Balaban J connectivity index is 2.62. The molecule has 76 valence electrons. The number of nitrogens with one attached hydrogen (secondary N) is 1. The van der Waals surface area contributed by atoms with Gasteiger partial charge in [0.05, 0.1) is 0 Å². The molecule has 0 aliphatic rings. The number of aromatic nitrogens is 1. The van der Waals surface area contributed by atoms with Gasteiger partial charge in [-0.25, -0.2) is 9.37 Å². The lowest BCUT2D eigenvalue weighted by molar-refractivity contribution is 0.510. The Morgan fingerprint density at radius 1 is 1.64 bits per heavy atom. The molecule has 3 heteroatoms. The van der Waals surface area contributed by atoms with Gasteiger partial charge in [0.15, 0.2) is 11.6 Å². The molecular formula is C11H15FN2. The molecule has 0 saturated carbocycles. The van der Waals surface area contributed by atoms with Crippen molar-refractivity contribution in [2.75, 3.05) is 11.9 Å². The molecule has 0 amide bonds. The van der Waals surface area contributed by atoms with Crippen LogP contribution in [0.15, 0.2) is 31.0 Å². The summed E-state index contributed by atoms with van der Waals surface area (Å²) in [7, 11) is 0. The summed E-state index contributed by atoms with van der Waals surface area (Å²) in [6.45, 7) is 8.37. The molecule has 2 nitrogen and oxygen atoms in total. The van der Waals surface area contributed by atoms with E-state index in [2.05, 4.69) is 16.9 Å². The lowest BCUT2D eigenvalue weighted by Gasteiger charge is -2.20. The number of rotatable bonds is 4. The maximum absolute atomic E-state index is 13.1. The Kier molecular flexibility index (Phi) is 3.23. The van der Waals surface area contributed by atoms with Crippen molar-refractivity contribution < 1.29 is 4.39 Å². The first kappa shape index (κ1) is 10.7. The molecule has 1 N–H and O–H groups in total. The number of anilines is 1. The van der Waals surface area contributed by atoms with Gasteiger partial charge in [-0.15, -0.1) is 6.58 Å². The fraction of sp³-hybridized carbons (Fsp3) is 0.364. The first-order valence-electron chi connectivity index (χ1n) is 4.53. The Bertz CT molecular complexity index is 321. The van der Waals surface area contributed by atoms with Gasteiger partial charge in [-0.05, 0) is 17.5 Å². The van der Waals surface area contributed by atoms with E-state index in [9.17, 15) is 4.39 Å². The maximum atomic E-state index is 13.1. The molecular weight excluding hydrogens is 179 g/mol. The van der Waals surface area contributed by atoms with Crippen molar-refractivity contribution in [2.45, 2.75) is 13.8 Å². The summed E-state index contributed by atoms with van der Waals surface area (Å²) in [6, 6.07) is 2.95. The molecule has 1 aromatic rings. The highest BCUT2D eigenvalue weighted by molar-refractivity contribution is 5.35. The zero-order valence-electron chi connectivity index (χ0n) is 8.55. The normalized spacial score (nSPS) is 11.1. The zero-order chi connectivity index (χ0) is 10.6. The van der Waals surface area contributed by atoms with Crippen LogP contribution in [0.5, 0.6) is 0 Å². The van der Waals surface area contributed by atoms with E-state index in [0.717, 1.165) is 0 Å². The Morgan fingerprint density at radius 2 is 2.36 bits per heavy atom. The Hall–Kier alpha value is -1.38. The minimum atomic E-state index is -0.327. The monoisotopic (exact) mass is 194 g/mol. The van der Waals surface area contributed by atoms with E-state index in [4.69, 9.17) is 0 Å². The summed E-state index contributed by atoms with van der Waals surface area (Å²) in [5.41, 5.74) is -0.0655. The highest BCUT2D eigenvalue weighted by Gasteiger charge is 2.13. The van der Waals surface area contributed by atoms with Gasteiger partial charge in [0.25, 0.3) is 0 Å². The van der Waals surface area contributed by atoms with Crippen molar-refractivity contribution in [2.24, 2.45) is 5.41 Å². The third-order valence-corrected chi connectivity index (χ3v) is 2.02. The van der Waals surface area contributed by atoms with Gasteiger partial charge in [-0.3, -0.25) is 0 Å². The summed E-state index contributed by atoms with van der Waals surface area (Å²) >= 11 is 0. The molecule has 0 fully saturated rings. The SMILES string of the molecule is C=CC(C)(C)CNc1ncccc1F. The molecule has 0 aliphatic carbocycles. The molecule has 14 heavy (non-hydrogen) atoms. The minimum absolute atomic E-state index is 0.0655. The Morgan fingerprint density at radius 3 is 2.93 bits per heavy atom. The van der Waals surface area contributed by atoms with Crippen LogP contribution in [0.1, 0.15) is 13.8 Å². The summed E-state index contributed by atoms with van der Waals surface area (Å²) in [5.74, 6) is -0.0326. The number of halogens is 1. The highest BCUT2D eigenvalue weighted by Crippen LogP contribution is 2.17. The number of pyridine rings is 1. The van der Waals surface area contributed by atoms with Crippen LogP contribution in [0.3, 0.4) is 0 Å². The lowest BCUT2D eigenvalue weighted by Crippen LogP contribution is -2.21. The third kappa shape index (κ3) is 2.83. The van der Waals surface area contributed by atoms with Gasteiger partial charge in [0, 0.05) is 12.7 Å². The van der Waals surface area contributed by atoms with Crippen LogP contribution in [-0.4, -0.2) is 11.5 Å². The van der Waals surface area contributed by atoms with Gasteiger partial charge < -0.3 is 5.32 Å². The molecule has 0 aliphatic heterocycles. The molecule has 1 rings (SSSR count). The summed E-state index contributed by atoms with van der Waals surface area (Å²) in [5, 5.41) is 2.95. The maximum Gasteiger partial charge on any atom is 0.165 e. The van der Waals surface area contributed by atoms with Crippen LogP contribution in [0.25, 0.3) is 0 Å². The second kappa shape index (κ2) is 4.22. The zero-order valence-corrected chi connectivity index (χ0v) is 8.55. The molecule has 0 bridgehead atoms. The van der Waals surface area contributed by atoms with E-state index in [-0.39, 0.29) is 11.2 Å². The van der Waals surface area contributed by atoms with Gasteiger partial charge in [0.1, 0.15) is 0 Å². The summed E-state index contributed by atoms with van der Waals surface area (Å²) < 4.78 is 13.1. The van der Waals surface area contributed by atoms with Gasteiger partial charge in [0.2, 0.25) is 0 Å². The predicted octanol–water partition coefficient (Wildman–Crippen LogP) is 2.84. The van der Waals surface area contributed by atoms with E-state index in [0.29, 0.717) is 12.4 Å². The van der Waals surface area contributed by atoms with Crippen molar-refractivity contribution in [3.8, 4) is 0 Å². The van der Waals surface area contributed by atoms with Gasteiger partial charge >= 0.3 is 0 Å². The molecule has 0 radical (unpaired) electrons. The molecule has 0 saturated heterocycles. The van der Waals surface area contributed by atoms with Crippen molar-refractivity contribution >= 4 is 5.82 Å². The predicted molar refractivity (Wildman–Crippen MR) is 56.7 cm³/mol. The quantitative estimate of drug-likeness (QED) is 0.745. The van der Waals surface area contributed by atoms with Gasteiger partial charge in [-0.1, -0.05) is 19.9 Å². The molecule has 0 atom stereocenters.